The van der Waals surface area contributed by atoms with Gasteiger partial charge in [-0.2, -0.15) is 0 Å². The normalized spacial score (nSPS) is 13.7. The number of carboxylic acids is 1. The van der Waals surface area contributed by atoms with E-state index in [1.165, 1.54) is 0 Å². The summed E-state index contributed by atoms with van der Waals surface area (Å²) >= 11 is 0. The minimum atomic E-state index is -0.968. The van der Waals surface area contributed by atoms with Crippen LogP contribution in [0.15, 0.2) is 12.3 Å². The number of hydrogen-bond acceptors (Lipinski definition) is 3. The molecule has 1 aromatic rings. The van der Waals surface area contributed by atoms with Gasteiger partial charge >= 0.3 is 5.97 Å². The van der Waals surface area contributed by atoms with Gasteiger partial charge in [-0.05, 0) is 18.1 Å². The highest BCUT2D eigenvalue weighted by Gasteiger charge is 2.13. The van der Waals surface area contributed by atoms with Crippen LogP contribution in [0.4, 0.5) is 5.69 Å². The highest BCUT2D eigenvalue weighted by molar-refractivity contribution is 5.86. The Kier molecular flexibility index (Phi) is 1.46. The highest BCUT2D eigenvalue weighted by atomic mass is 16.4. The van der Waals surface area contributed by atoms with Crippen LogP contribution in [0.2, 0.25) is 0 Å². The minimum Gasteiger partial charge on any atom is -0.477 e. The lowest BCUT2D eigenvalue weighted by atomic mass is 10.2. The Bertz CT molecular complexity index is 336. The van der Waals surface area contributed by atoms with Gasteiger partial charge in [0.05, 0.1) is 11.9 Å². The Morgan fingerprint density at radius 1 is 1.67 bits per heavy atom. The second-order valence-corrected chi connectivity index (χ2v) is 2.71. The largest absolute Gasteiger partial charge is 0.477 e. The molecule has 1 aliphatic heterocycles. The van der Waals surface area contributed by atoms with Gasteiger partial charge in [0.1, 0.15) is 5.69 Å². The molecular formula is C8H8N2O2. The van der Waals surface area contributed by atoms with Crippen molar-refractivity contribution in [2.24, 2.45) is 0 Å². The molecule has 0 radical (unpaired) electrons. The first-order valence-corrected chi connectivity index (χ1v) is 3.73. The summed E-state index contributed by atoms with van der Waals surface area (Å²) < 4.78 is 0. The van der Waals surface area contributed by atoms with E-state index in [2.05, 4.69) is 10.3 Å². The first-order chi connectivity index (χ1) is 5.77. The molecule has 2 heterocycles. The lowest BCUT2D eigenvalue weighted by Crippen LogP contribution is -2.00. The van der Waals surface area contributed by atoms with Gasteiger partial charge < -0.3 is 10.4 Å². The number of aromatic carboxylic acids is 1. The topological polar surface area (TPSA) is 62.2 Å². The molecule has 1 aliphatic rings. The van der Waals surface area contributed by atoms with Gasteiger partial charge in [-0.15, -0.1) is 0 Å². The van der Waals surface area contributed by atoms with Crippen molar-refractivity contribution in [3.8, 4) is 0 Å². The third kappa shape index (κ3) is 1.01. The first-order valence-electron chi connectivity index (χ1n) is 3.73. The molecule has 0 atom stereocenters. The van der Waals surface area contributed by atoms with E-state index in [1.807, 2.05) is 0 Å². The Morgan fingerprint density at radius 3 is 3.25 bits per heavy atom. The molecule has 0 saturated heterocycles. The van der Waals surface area contributed by atoms with E-state index in [1.54, 1.807) is 12.3 Å². The Morgan fingerprint density at radius 2 is 2.50 bits per heavy atom. The van der Waals surface area contributed by atoms with Gasteiger partial charge in [0.25, 0.3) is 0 Å². The van der Waals surface area contributed by atoms with Crippen LogP contribution in [0.5, 0.6) is 0 Å². The zero-order valence-electron chi connectivity index (χ0n) is 6.37. The molecule has 12 heavy (non-hydrogen) atoms. The predicted molar refractivity (Wildman–Crippen MR) is 43.4 cm³/mol. The summed E-state index contributed by atoms with van der Waals surface area (Å²) in [6.45, 7) is 0.875. The van der Waals surface area contributed by atoms with Crippen LogP contribution >= 0.6 is 0 Å². The fourth-order valence-corrected chi connectivity index (χ4v) is 1.31. The zero-order valence-corrected chi connectivity index (χ0v) is 6.37. The van der Waals surface area contributed by atoms with Gasteiger partial charge in [-0.25, -0.2) is 9.78 Å². The average Bonchev–Trinajstić information content (AvgIpc) is 2.49. The van der Waals surface area contributed by atoms with Crippen LogP contribution < -0.4 is 5.32 Å². The van der Waals surface area contributed by atoms with E-state index in [4.69, 9.17) is 5.11 Å². The number of aromatic nitrogens is 1. The molecule has 0 aromatic carbocycles. The molecule has 4 heteroatoms. The quantitative estimate of drug-likeness (QED) is 0.642. The predicted octanol–water partition coefficient (Wildman–Crippen LogP) is 0.748. The number of nitrogens with zero attached hydrogens (tertiary/aromatic N) is 1. The fourth-order valence-electron chi connectivity index (χ4n) is 1.31. The van der Waals surface area contributed by atoms with Crippen LogP contribution in [0.1, 0.15) is 16.1 Å². The summed E-state index contributed by atoms with van der Waals surface area (Å²) in [5.41, 5.74) is 2.12. The van der Waals surface area contributed by atoms with Crippen molar-refractivity contribution in [1.29, 1.82) is 0 Å². The van der Waals surface area contributed by atoms with Crippen LogP contribution in [0.3, 0.4) is 0 Å². The van der Waals surface area contributed by atoms with Crippen molar-refractivity contribution in [3.05, 3.63) is 23.5 Å². The average molecular weight is 164 g/mol. The molecule has 4 nitrogen and oxygen atoms in total. The molecule has 0 unspecified atom stereocenters. The van der Waals surface area contributed by atoms with Crippen LogP contribution in [-0.2, 0) is 6.42 Å². The third-order valence-electron chi connectivity index (χ3n) is 1.92. The fraction of sp³-hybridized carbons (Fsp3) is 0.250. The maximum atomic E-state index is 10.5. The molecule has 0 saturated carbocycles. The number of nitrogens with one attached hydrogen (secondary N) is 1. The van der Waals surface area contributed by atoms with Gasteiger partial charge in [0.15, 0.2) is 0 Å². The van der Waals surface area contributed by atoms with E-state index < -0.39 is 5.97 Å². The smallest absolute Gasteiger partial charge is 0.354 e. The van der Waals surface area contributed by atoms with Crippen LogP contribution in [0, 0.1) is 0 Å². The molecule has 0 amide bonds. The molecule has 2 N–H and O–H groups in total. The molecule has 62 valence electrons. The van der Waals surface area contributed by atoms with E-state index in [0.29, 0.717) is 0 Å². The summed E-state index contributed by atoms with van der Waals surface area (Å²) in [4.78, 5) is 14.3. The third-order valence-corrected chi connectivity index (χ3v) is 1.92. The Hall–Kier alpha value is -1.58. The number of carbonyl (C=O) groups is 1. The number of carboxylic acid groups (broad SMARTS) is 1. The number of pyridine rings is 1. The standard InChI is InChI=1S/C8H8N2O2/c11-8(12)6-3-5-1-2-9-7(5)4-10-6/h3-4,9H,1-2H2,(H,11,12). The Labute approximate surface area is 69.2 Å². The van der Waals surface area contributed by atoms with Crippen molar-refractivity contribution < 1.29 is 9.90 Å². The molecule has 2 rings (SSSR count). The number of hydrogen-bond donors (Lipinski definition) is 2. The second kappa shape index (κ2) is 2.48. The maximum absolute atomic E-state index is 10.5. The SMILES string of the molecule is O=C(O)c1cc2c(cn1)NCC2. The van der Waals surface area contributed by atoms with E-state index >= 15 is 0 Å². The van der Waals surface area contributed by atoms with Gasteiger partial charge in [-0.3, -0.25) is 0 Å². The van der Waals surface area contributed by atoms with Crippen molar-refractivity contribution in [1.82, 2.24) is 4.98 Å². The number of fused-ring (bicyclic) bond motifs is 1. The Balaban J connectivity index is 2.45. The number of rotatable bonds is 1. The van der Waals surface area contributed by atoms with Crippen molar-refractivity contribution >= 4 is 11.7 Å². The second-order valence-electron chi connectivity index (χ2n) is 2.71. The van der Waals surface area contributed by atoms with Crippen LogP contribution in [0.25, 0.3) is 0 Å². The van der Waals surface area contributed by atoms with Gasteiger partial charge in [-0.1, -0.05) is 0 Å². The van der Waals surface area contributed by atoms with Crippen LogP contribution in [-0.4, -0.2) is 22.6 Å². The lowest BCUT2D eigenvalue weighted by Gasteiger charge is -1.98. The number of anilines is 1. The van der Waals surface area contributed by atoms with E-state index in [-0.39, 0.29) is 5.69 Å². The molecular weight excluding hydrogens is 156 g/mol. The van der Waals surface area contributed by atoms with Crippen molar-refractivity contribution in [2.75, 3.05) is 11.9 Å². The highest BCUT2D eigenvalue weighted by Crippen LogP contribution is 2.20. The summed E-state index contributed by atoms with van der Waals surface area (Å²) in [6.07, 6.45) is 2.46. The summed E-state index contributed by atoms with van der Waals surface area (Å²) in [7, 11) is 0. The zero-order chi connectivity index (χ0) is 8.55. The molecule has 0 spiro atoms. The summed E-state index contributed by atoms with van der Waals surface area (Å²) in [6, 6.07) is 1.62. The van der Waals surface area contributed by atoms with Gasteiger partial charge in [0.2, 0.25) is 0 Å². The maximum Gasteiger partial charge on any atom is 0.354 e. The van der Waals surface area contributed by atoms with Crippen molar-refractivity contribution in [3.63, 3.8) is 0 Å². The summed E-state index contributed by atoms with van der Waals surface area (Å²) in [5, 5.41) is 11.7. The monoisotopic (exact) mass is 164 g/mol. The van der Waals surface area contributed by atoms with E-state index in [0.717, 1.165) is 24.2 Å². The summed E-state index contributed by atoms with van der Waals surface area (Å²) in [5.74, 6) is -0.968. The molecule has 0 fully saturated rings. The lowest BCUT2D eigenvalue weighted by molar-refractivity contribution is 0.0690. The first kappa shape index (κ1) is 7.09. The van der Waals surface area contributed by atoms with Gasteiger partial charge in [0, 0.05) is 6.54 Å². The molecule has 1 aromatic heterocycles. The minimum absolute atomic E-state index is 0.123. The molecule has 0 bridgehead atoms. The van der Waals surface area contributed by atoms with E-state index in [9.17, 15) is 4.79 Å². The molecule has 0 aliphatic carbocycles. The van der Waals surface area contributed by atoms with Crippen molar-refractivity contribution in [2.45, 2.75) is 6.42 Å².